The molecule has 2 N–H and O–H groups in total. The second-order valence-electron chi connectivity index (χ2n) is 2.90. The molecule has 16 heavy (non-hydrogen) atoms. The van der Waals surface area contributed by atoms with Crippen LogP contribution >= 0.6 is 23.7 Å². The van der Waals surface area contributed by atoms with E-state index in [4.69, 9.17) is 0 Å². The molecule has 0 saturated carbocycles. The van der Waals surface area contributed by atoms with E-state index in [-0.39, 0.29) is 6.03 Å². The fourth-order valence-electron chi connectivity index (χ4n) is 0.908. The summed E-state index contributed by atoms with van der Waals surface area (Å²) in [6.07, 6.45) is 2.83. The number of aromatic nitrogens is 1. The van der Waals surface area contributed by atoms with Gasteiger partial charge in [-0.3, -0.25) is 4.72 Å². The Morgan fingerprint density at radius 1 is 1.44 bits per heavy atom. The fraction of sp³-hybridized carbons (Fsp3) is 0.400. The van der Waals surface area contributed by atoms with Gasteiger partial charge in [-0.2, -0.15) is 0 Å². The average Bonchev–Trinajstić information content (AvgIpc) is 2.34. The number of thioether (sulfide) groups is 1. The molecule has 0 radical (unpaired) electrons. The van der Waals surface area contributed by atoms with E-state index < -0.39 is 0 Å². The summed E-state index contributed by atoms with van der Waals surface area (Å²) >= 11 is 3.16. The molecule has 2 amide bonds. The number of hydrogen-bond donors (Lipinski definition) is 2. The van der Waals surface area contributed by atoms with E-state index >= 15 is 0 Å². The maximum Gasteiger partial charge on any atom is 0.324 e. The summed E-state index contributed by atoms with van der Waals surface area (Å²) in [7, 11) is 1.60. The van der Waals surface area contributed by atoms with E-state index in [2.05, 4.69) is 15.0 Å². The van der Waals surface area contributed by atoms with E-state index in [1.54, 1.807) is 25.0 Å². The van der Waals surface area contributed by atoms with Gasteiger partial charge in [0.05, 0.1) is 5.03 Å². The van der Waals surface area contributed by atoms with Gasteiger partial charge >= 0.3 is 6.03 Å². The molecule has 88 valence electrons. The molecule has 0 fully saturated rings. The topological polar surface area (TPSA) is 54.0 Å². The summed E-state index contributed by atoms with van der Waals surface area (Å²) < 4.78 is 2.67. The Morgan fingerprint density at radius 2 is 2.31 bits per heavy atom. The van der Waals surface area contributed by atoms with Crippen molar-refractivity contribution >= 4 is 29.7 Å². The summed E-state index contributed by atoms with van der Waals surface area (Å²) in [6, 6.07) is 5.74. The maximum absolute atomic E-state index is 10.8. The van der Waals surface area contributed by atoms with E-state index in [0.29, 0.717) is 0 Å². The quantitative estimate of drug-likeness (QED) is 0.466. The number of pyridine rings is 1. The molecule has 0 unspecified atom stereocenters. The SMILES string of the molecule is CNC(=O)NSCCCSc1ccccn1. The predicted molar refractivity (Wildman–Crippen MR) is 69.6 cm³/mol. The third kappa shape index (κ3) is 5.87. The first-order valence-electron chi connectivity index (χ1n) is 4.96. The average molecular weight is 257 g/mol. The van der Waals surface area contributed by atoms with Crippen molar-refractivity contribution in [3.8, 4) is 0 Å². The first-order valence-corrected chi connectivity index (χ1v) is 6.93. The summed E-state index contributed by atoms with van der Waals surface area (Å²) in [5.74, 6) is 1.92. The van der Waals surface area contributed by atoms with Crippen LogP contribution in [0, 0.1) is 0 Å². The molecular formula is C10H15N3OS2. The molecule has 0 spiro atoms. The lowest BCUT2D eigenvalue weighted by Crippen LogP contribution is -2.27. The van der Waals surface area contributed by atoms with Crippen molar-refractivity contribution in [3.63, 3.8) is 0 Å². The molecule has 1 rings (SSSR count). The third-order valence-corrected chi connectivity index (χ3v) is 3.52. The van der Waals surface area contributed by atoms with Crippen molar-refractivity contribution in [2.24, 2.45) is 0 Å². The molecule has 0 aliphatic carbocycles. The zero-order valence-electron chi connectivity index (χ0n) is 9.10. The zero-order valence-corrected chi connectivity index (χ0v) is 10.7. The van der Waals surface area contributed by atoms with Gasteiger partial charge in [-0.25, -0.2) is 9.78 Å². The normalized spacial score (nSPS) is 9.81. The second kappa shape index (κ2) is 8.29. The summed E-state index contributed by atoms with van der Waals surface area (Å²) in [6.45, 7) is 0. The Hall–Kier alpha value is -0.880. The molecule has 0 bridgehead atoms. The standard InChI is InChI=1S/C10H15N3OS2/c1-11-10(14)13-16-8-4-7-15-9-5-2-3-6-12-9/h2-3,5-6H,4,7-8H2,1H3,(H2,11,13,14). The lowest BCUT2D eigenvalue weighted by Gasteiger charge is -2.03. The van der Waals surface area contributed by atoms with E-state index in [9.17, 15) is 4.79 Å². The van der Waals surface area contributed by atoms with Crippen LogP contribution in [0.2, 0.25) is 0 Å². The van der Waals surface area contributed by atoms with Crippen LogP contribution in [-0.2, 0) is 0 Å². The zero-order chi connectivity index (χ0) is 11.6. The monoisotopic (exact) mass is 257 g/mol. The van der Waals surface area contributed by atoms with Gasteiger partial charge < -0.3 is 5.32 Å². The van der Waals surface area contributed by atoms with Crippen LogP contribution < -0.4 is 10.0 Å². The molecule has 0 atom stereocenters. The first kappa shape index (κ1) is 13.2. The van der Waals surface area contributed by atoms with E-state index in [0.717, 1.165) is 23.0 Å². The molecule has 0 aromatic carbocycles. The van der Waals surface area contributed by atoms with Gasteiger partial charge in [-0.1, -0.05) is 6.07 Å². The number of amides is 2. The van der Waals surface area contributed by atoms with E-state index in [1.165, 1.54) is 11.9 Å². The van der Waals surface area contributed by atoms with Gasteiger partial charge in [0.25, 0.3) is 0 Å². The maximum atomic E-state index is 10.8. The van der Waals surface area contributed by atoms with Gasteiger partial charge in [0.15, 0.2) is 0 Å². The van der Waals surface area contributed by atoms with Gasteiger partial charge in [0, 0.05) is 24.8 Å². The van der Waals surface area contributed by atoms with Crippen molar-refractivity contribution in [1.82, 2.24) is 15.0 Å². The molecule has 0 aliphatic heterocycles. The first-order chi connectivity index (χ1) is 7.83. The van der Waals surface area contributed by atoms with Crippen LogP contribution in [0.1, 0.15) is 6.42 Å². The van der Waals surface area contributed by atoms with Crippen LogP contribution in [0.15, 0.2) is 29.4 Å². The summed E-state index contributed by atoms with van der Waals surface area (Å²) in [5, 5.41) is 3.54. The second-order valence-corrected chi connectivity index (χ2v) is 4.92. The Balaban J connectivity index is 1.98. The van der Waals surface area contributed by atoms with Gasteiger partial charge in [-0.05, 0) is 30.5 Å². The number of urea groups is 1. The minimum absolute atomic E-state index is 0.151. The smallest absolute Gasteiger partial charge is 0.324 e. The number of nitrogens with zero attached hydrogens (tertiary/aromatic N) is 1. The summed E-state index contributed by atoms with van der Waals surface area (Å²) in [5.41, 5.74) is 0. The van der Waals surface area contributed by atoms with Gasteiger partial charge in [0.1, 0.15) is 0 Å². The number of rotatable bonds is 6. The Labute approximate surface area is 104 Å². The fourth-order valence-corrected chi connectivity index (χ4v) is 2.52. The minimum atomic E-state index is -0.151. The minimum Gasteiger partial charge on any atom is -0.341 e. The van der Waals surface area contributed by atoms with Crippen molar-refractivity contribution in [1.29, 1.82) is 0 Å². The molecule has 1 aromatic heterocycles. The molecule has 0 aliphatic rings. The highest BCUT2D eigenvalue weighted by molar-refractivity contribution is 7.99. The number of hydrogen-bond acceptors (Lipinski definition) is 4. The van der Waals surface area contributed by atoms with Crippen LogP contribution in [-0.4, -0.2) is 29.6 Å². The van der Waals surface area contributed by atoms with Crippen molar-refractivity contribution < 1.29 is 4.79 Å². The highest BCUT2D eigenvalue weighted by Gasteiger charge is 1.97. The number of carbonyl (C=O) groups excluding carboxylic acids is 1. The lowest BCUT2D eigenvalue weighted by molar-refractivity contribution is 0.248. The molecule has 1 heterocycles. The largest absolute Gasteiger partial charge is 0.341 e. The van der Waals surface area contributed by atoms with Crippen molar-refractivity contribution in [3.05, 3.63) is 24.4 Å². The van der Waals surface area contributed by atoms with Gasteiger partial charge in [0.2, 0.25) is 0 Å². The van der Waals surface area contributed by atoms with Crippen molar-refractivity contribution in [2.45, 2.75) is 11.4 Å². The van der Waals surface area contributed by atoms with Gasteiger partial charge in [-0.15, -0.1) is 11.8 Å². The number of nitrogens with one attached hydrogen (secondary N) is 2. The van der Waals surface area contributed by atoms with Crippen LogP contribution in [0.3, 0.4) is 0 Å². The van der Waals surface area contributed by atoms with Crippen LogP contribution in [0.5, 0.6) is 0 Å². The Bertz CT molecular complexity index is 308. The molecule has 6 heteroatoms. The third-order valence-electron chi connectivity index (χ3n) is 1.67. The Morgan fingerprint density at radius 3 is 3.00 bits per heavy atom. The van der Waals surface area contributed by atoms with E-state index in [1.807, 2.05) is 18.2 Å². The molecule has 1 aromatic rings. The molecule has 0 saturated heterocycles. The predicted octanol–water partition coefficient (Wildman–Crippen LogP) is 2.14. The highest BCUT2D eigenvalue weighted by atomic mass is 32.2. The Kier molecular flexibility index (Phi) is 6.83. The van der Waals surface area contributed by atoms with Crippen LogP contribution in [0.4, 0.5) is 4.79 Å². The molecular weight excluding hydrogens is 242 g/mol. The summed E-state index contributed by atoms with van der Waals surface area (Å²) in [4.78, 5) is 15.0. The number of carbonyl (C=O) groups is 1. The van der Waals surface area contributed by atoms with Crippen LogP contribution in [0.25, 0.3) is 0 Å². The molecule has 4 nitrogen and oxygen atoms in total. The lowest BCUT2D eigenvalue weighted by atomic mass is 10.5. The highest BCUT2D eigenvalue weighted by Crippen LogP contribution is 2.15. The van der Waals surface area contributed by atoms with Crippen molar-refractivity contribution in [2.75, 3.05) is 18.6 Å².